The molecule has 0 amide bonds. The Bertz CT molecular complexity index is 1240. The molecule has 7 nitrogen and oxygen atoms in total. The molecule has 0 radical (unpaired) electrons. The third-order valence-electron chi connectivity index (χ3n) is 5.41. The Morgan fingerprint density at radius 3 is 2.42 bits per heavy atom. The number of halogens is 2. The zero-order chi connectivity index (χ0) is 23.6. The van der Waals surface area contributed by atoms with E-state index in [2.05, 4.69) is 4.98 Å². The van der Waals surface area contributed by atoms with E-state index in [1.165, 1.54) is 48.1 Å². The lowest BCUT2D eigenvalue weighted by Crippen LogP contribution is -2.48. The minimum absolute atomic E-state index is 0.0994. The number of hydrogen-bond donors (Lipinski definition) is 0. The fourth-order valence-electron chi connectivity index (χ4n) is 3.63. The van der Waals surface area contributed by atoms with Gasteiger partial charge in [-0.25, -0.2) is 22.2 Å². The first-order chi connectivity index (χ1) is 15.8. The second kappa shape index (κ2) is 9.62. The molecule has 1 aromatic heterocycles. The maximum absolute atomic E-state index is 13.5. The fraction of sp³-hybridized carbons (Fsp3) is 0.318. The number of rotatable bonds is 7. The van der Waals surface area contributed by atoms with Gasteiger partial charge in [0, 0.05) is 44.0 Å². The zero-order valence-corrected chi connectivity index (χ0v) is 19.8. The third-order valence-corrected chi connectivity index (χ3v) is 8.29. The van der Waals surface area contributed by atoms with Crippen LogP contribution >= 0.6 is 11.3 Å². The van der Waals surface area contributed by atoms with E-state index in [4.69, 9.17) is 9.47 Å². The molecular formula is C22H23F2N3O4S2. The summed E-state index contributed by atoms with van der Waals surface area (Å²) in [4.78, 5) is 6.72. The van der Waals surface area contributed by atoms with Crippen molar-refractivity contribution in [2.75, 3.05) is 45.3 Å². The van der Waals surface area contributed by atoms with Crippen LogP contribution in [0.15, 0.2) is 46.7 Å². The Morgan fingerprint density at radius 1 is 1.00 bits per heavy atom. The van der Waals surface area contributed by atoms with Crippen molar-refractivity contribution in [1.29, 1.82) is 0 Å². The molecule has 0 atom stereocenters. The number of piperazine rings is 1. The summed E-state index contributed by atoms with van der Waals surface area (Å²) in [6.07, 6.45) is 0.388. The summed E-state index contributed by atoms with van der Waals surface area (Å²) in [5, 5.41) is 2.65. The van der Waals surface area contributed by atoms with E-state index >= 15 is 0 Å². The Kier molecular flexibility index (Phi) is 6.82. The van der Waals surface area contributed by atoms with Crippen molar-refractivity contribution in [3.8, 4) is 11.5 Å². The predicted octanol–water partition coefficient (Wildman–Crippen LogP) is 3.54. The Hall–Kier alpha value is -2.76. The molecule has 0 N–H and O–H groups in total. The first-order valence-electron chi connectivity index (χ1n) is 10.2. The Labute approximate surface area is 195 Å². The van der Waals surface area contributed by atoms with Gasteiger partial charge in [0.2, 0.25) is 10.0 Å². The third kappa shape index (κ3) is 4.94. The molecule has 2 heterocycles. The highest BCUT2D eigenvalue weighted by atomic mass is 32.2. The number of benzene rings is 2. The van der Waals surface area contributed by atoms with E-state index in [-0.39, 0.29) is 10.6 Å². The van der Waals surface area contributed by atoms with Gasteiger partial charge in [0.05, 0.1) is 19.9 Å². The standard InChI is InChI=1S/C22H23F2N3O4S2/c1-30-17-4-6-21(20(13-17)31-2)33(28,29)27-9-7-26(8-10-27)22-25-16(14-32-22)11-15-3-5-18(23)19(24)12-15/h3-6,12-14H,7-11H2,1-2H3. The summed E-state index contributed by atoms with van der Waals surface area (Å²) in [6, 6.07) is 8.45. The van der Waals surface area contributed by atoms with Gasteiger partial charge in [0.25, 0.3) is 0 Å². The minimum atomic E-state index is -3.74. The van der Waals surface area contributed by atoms with Crippen molar-refractivity contribution in [3.05, 3.63) is 64.7 Å². The number of nitrogens with zero attached hydrogens (tertiary/aromatic N) is 3. The Morgan fingerprint density at radius 2 is 1.76 bits per heavy atom. The fourth-order valence-corrected chi connectivity index (χ4v) is 6.07. The van der Waals surface area contributed by atoms with Crippen molar-refractivity contribution in [2.45, 2.75) is 11.3 Å². The molecule has 3 aromatic rings. The van der Waals surface area contributed by atoms with Crippen LogP contribution < -0.4 is 14.4 Å². The molecule has 0 unspecified atom stereocenters. The van der Waals surface area contributed by atoms with E-state index in [1.54, 1.807) is 12.1 Å². The second-order valence-electron chi connectivity index (χ2n) is 7.45. The second-order valence-corrected chi connectivity index (χ2v) is 10.2. The van der Waals surface area contributed by atoms with Gasteiger partial charge in [-0.15, -0.1) is 11.3 Å². The van der Waals surface area contributed by atoms with Crippen molar-refractivity contribution in [3.63, 3.8) is 0 Å². The van der Waals surface area contributed by atoms with Gasteiger partial charge in [-0.3, -0.25) is 0 Å². The van der Waals surface area contributed by atoms with Crippen LogP contribution in [0.25, 0.3) is 0 Å². The first-order valence-corrected chi connectivity index (χ1v) is 12.5. The van der Waals surface area contributed by atoms with Gasteiger partial charge in [-0.2, -0.15) is 4.31 Å². The zero-order valence-electron chi connectivity index (χ0n) is 18.1. The molecule has 0 aliphatic carbocycles. The Balaban J connectivity index is 1.42. The largest absolute Gasteiger partial charge is 0.497 e. The molecule has 176 valence electrons. The van der Waals surface area contributed by atoms with E-state index in [1.807, 2.05) is 10.3 Å². The van der Waals surface area contributed by atoms with Gasteiger partial charge in [0.1, 0.15) is 16.4 Å². The van der Waals surface area contributed by atoms with Gasteiger partial charge >= 0.3 is 0 Å². The van der Waals surface area contributed by atoms with Gasteiger partial charge in [-0.05, 0) is 29.8 Å². The maximum Gasteiger partial charge on any atom is 0.246 e. The summed E-state index contributed by atoms with van der Waals surface area (Å²) in [5.74, 6) is -1.01. The SMILES string of the molecule is COc1ccc(S(=O)(=O)N2CCN(c3nc(Cc4ccc(F)c(F)c4)cs3)CC2)c(OC)c1. The molecular weight excluding hydrogens is 472 g/mol. The lowest BCUT2D eigenvalue weighted by molar-refractivity contribution is 0.370. The van der Waals surface area contributed by atoms with Crippen LogP contribution in [0.3, 0.4) is 0 Å². The van der Waals surface area contributed by atoms with Crippen LogP contribution in [0.2, 0.25) is 0 Å². The van der Waals surface area contributed by atoms with E-state index in [0.717, 1.165) is 16.9 Å². The van der Waals surface area contributed by atoms with Crippen LogP contribution in [0.1, 0.15) is 11.3 Å². The monoisotopic (exact) mass is 495 g/mol. The molecule has 1 saturated heterocycles. The lowest BCUT2D eigenvalue weighted by atomic mass is 10.1. The predicted molar refractivity (Wildman–Crippen MR) is 122 cm³/mol. The van der Waals surface area contributed by atoms with E-state index in [0.29, 0.717) is 43.9 Å². The van der Waals surface area contributed by atoms with Gasteiger partial charge in [-0.1, -0.05) is 6.07 Å². The lowest BCUT2D eigenvalue weighted by Gasteiger charge is -2.34. The molecule has 1 fully saturated rings. The smallest absolute Gasteiger partial charge is 0.246 e. The number of sulfonamides is 1. The topological polar surface area (TPSA) is 72.0 Å². The summed E-state index contributed by atoms with van der Waals surface area (Å²) < 4.78 is 64.8. The van der Waals surface area contributed by atoms with Crippen molar-refractivity contribution in [1.82, 2.24) is 9.29 Å². The molecule has 0 bridgehead atoms. The summed E-state index contributed by atoms with van der Waals surface area (Å²) in [7, 11) is -0.809. The van der Waals surface area contributed by atoms with Crippen LogP contribution in [-0.4, -0.2) is 58.1 Å². The molecule has 4 rings (SSSR count). The van der Waals surface area contributed by atoms with Gasteiger partial charge in [0.15, 0.2) is 16.8 Å². The highest BCUT2D eigenvalue weighted by molar-refractivity contribution is 7.89. The van der Waals surface area contributed by atoms with E-state index in [9.17, 15) is 17.2 Å². The number of anilines is 1. The summed E-state index contributed by atoms with van der Waals surface area (Å²) in [5.41, 5.74) is 1.38. The maximum atomic E-state index is 13.5. The summed E-state index contributed by atoms with van der Waals surface area (Å²) >= 11 is 1.44. The molecule has 33 heavy (non-hydrogen) atoms. The quantitative estimate of drug-likeness (QED) is 0.499. The van der Waals surface area contributed by atoms with Crippen LogP contribution in [-0.2, 0) is 16.4 Å². The van der Waals surface area contributed by atoms with Crippen LogP contribution in [0, 0.1) is 11.6 Å². The van der Waals surface area contributed by atoms with Crippen molar-refractivity contribution < 1.29 is 26.7 Å². The molecule has 2 aromatic carbocycles. The highest BCUT2D eigenvalue weighted by Crippen LogP contribution is 2.32. The van der Waals surface area contributed by atoms with Crippen molar-refractivity contribution in [2.24, 2.45) is 0 Å². The number of aromatic nitrogens is 1. The number of ether oxygens (including phenoxy) is 2. The molecule has 0 spiro atoms. The number of methoxy groups -OCH3 is 2. The highest BCUT2D eigenvalue weighted by Gasteiger charge is 2.31. The molecule has 0 saturated carbocycles. The van der Waals surface area contributed by atoms with Gasteiger partial charge < -0.3 is 14.4 Å². The normalized spacial score (nSPS) is 15.0. The molecule has 1 aliphatic rings. The number of thiazole rings is 1. The first kappa shape index (κ1) is 23.4. The van der Waals surface area contributed by atoms with Crippen LogP contribution in [0.5, 0.6) is 11.5 Å². The minimum Gasteiger partial charge on any atom is -0.497 e. The average Bonchev–Trinajstić information content (AvgIpc) is 3.29. The molecule has 11 heteroatoms. The van der Waals surface area contributed by atoms with Crippen LogP contribution in [0.4, 0.5) is 13.9 Å². The van der Waals surface area contributed by atoms with Crippen molar-refractivity contribution >= 4 is 26.5 Å². The summed E-state index contributed by atoms with van der Waals surface area (Å²) in [6.45, 7) is 1.57. The average molecular weight is 496 g/mol. The van der Waals surface area contributed by atoms with E-state index < -0.39 is 21.7 Å². The molecule has 1 aliphatic heterocycles. The number of hydrogen-bond acceptors (Lipinski definition) is 7.